The second-order valence-electron chi connectivity index (χ2n) is 8.82. The van der Waals surface area contributed by atoms with E-state index in [9.17, 15) is 19.5 Å². The Labute approximate surface area is 144 Å². The highest BCUT2D eigenvalue weighted by Crippen LogP contribution is 2.44. The van der Waals surface area contributed by atoms with Gasteiger partial charge in [0.15, 0.2) is 11.9 Å². The number of aliphatic hydroxyl groups is 1. The molecule has 0 saturated carbocycles. The van der Waals surface area contributed by atoms with Crippen molar-refractivity contribution >= 4 is 18.2 Å². The van der Waals surface area contributed by atoms with Crippen molar-refractivity contribution in [2.45, 2.75) is 79.4 Å². The topological polar surface area (TPSA) is 89.9 Å². The van der Waals surface area contributed by atoms with Crippen molar-refractivity contribution in [2.75, 3.05) is 6.61 Å². The highest BCUT2D eigenvalue weighted by molar-refractivity contribution is 5.76. The number of rotatable bonds is 7. The summed E-state index contributed by atoms with van der Waals surface area (Å²) in [5.41, 5.74) is -4.25. The van der Waals surface area contributed by atoms with Gasteiger partial charge in [0.1, 0.15) is 0 Å². The molecule has 0 amide bonds. The molecule has 2 atom stereocenters. The number of hydrogen-bond donors (Lipinski definition) is 1. The quantitative estimate of drug-likeness (QED) is 0.564. The minimum atomic E-state index is -1.77. The van der Waals surface area contributed by atoms with E-state index in [-0.39, 0.29) is 12.8 Å². The Kier molecular flexibility index (Phi) is 7.18. The van der Waals surface area contributed by atoms with Crippen LogP contribution in [0, 0.1) is 10.8 Å². The molecule has 0 aromatic rings. The van der Waals surface area contributed by atoms with Gasteiger partial charge in [0.25, 0.3) is 0 Å². The SMILES string of the molecule is CC(=O)OC(C=O)(CC(C)(C)C)C(CO)(CC(C)(C)C)OC(C)=O. The Balaban J connectivity index is 6.45. The molecule has 0 radical (unpaired) electrons. The van der Waals surface area contributed by atoms with Gasteiger partial charge in [-0.15, -0.1) is 0 Å². The lowest BCUT2D eigenvalue weighted by Gasteiger charge is -2.48. The Morgan fingerprint density at radius 1 is 0.875 bits per heavy atom. The zero-order chi connectivity index (χ0) is 19.4. The molecule has 0 aliphatic heterocycles. The molecule has 0 spiro atoms. The number of carbonyl (C=O) groups is 3. The maximum Gasteiger partial charge on any atom is 0.303 e. The monoisotopic (exact) mass is 344 g/mol. The summed E-state index contributed by atoms with van der Waals surface area (Å²) in [6.07, 6.45) is 0.746. The average molecular weight is 344 g/mol. The molecule has 140 valence electrons. The molecule has 1 N–H and O–H groups in total. The van der Waals surface area contributed by atoms with Crippen LogP contribution in [-0.4, -0.2) is 41.1 Å². The molecular formula is C18H32O6. The number of carbonyl (C=O) groups excluding carboxylic acids is 3. The molecule has 24 heavy (non-hydrogen) atoms. The summed E-state index contributed by atoms with van der Waals surface area (Å²) in [5, 5.41) is 10.1. The average Bonchev–Trinajstić information content (AvgIpc) is 2.32. The van der Waals surface area contributed by atoms with E-state index in [1.165, 1.54) is 13.8 Å². The standard InChI is InChI=1S/C18H32O6/c1-13(21)23-17(11-19,9-15(3,4)5)18(12-20,24-14(2)22)10-16(6,7)8/h11,20H,9-10,12H2,1-8H3. The maximum atomic E-state index is 12.1. The first kappa shape index (κ1) is 22.6. The van der Waals surface area contributed by atoms with Crippen LogP contribution in [0.15, 0.2) is 0 Å². The van der Waals surface area contributed by atoms with E-state index < -0.39 is 40.6 Å². The van der Waals surface area contributed by atoms with Crippen LogP contribution in [-0.2, 0) is 23.9 Å². The van der Waals surface area contributed by atoms with E-state index in [2.05, 4.69) is 0 Å². The van der Waals surface area contributed by atoms with Crippen LogP contribution >= 0.6 is 0 Å². The lowest BCUT2D eigenvalue weighted by Crippen LogP contribution is -2.64. The van der Waals surface area contributed by atoms with Crippen molar-refractivity contribution in [3.05, 3.63) is 0 Å². The lowest BCUT2D eigenvalue weighted by atomic mass is 9.67. The fraction of sp³-hybridized carbons (Fsp3) is 0.833. The van der Waals surface area contributed by atoms with E-state index in [4.69, 9.17) is 9.47 Å². The highest BCUT2D eigenvalue weighted by atomic mass is 16.6. The summed E-state index contributed by atoms with van der Waals surface area (Å²) >= 11 is 0. The normalized spacial score (nSPS) is 17.4. The van der Waals surface area contributed by atoms with Crippen LogP contribution in [0.5, 0.6) is 0 Å². The molecule has 0 heterocycles. The van der Waals surface area contributed by atoms with Crippen molar-refractivity contribution in [1.82, 2.24) is 0 Å². The van der Waals surface area contributed by atoms with E-state index in [0.717, 1.165) is 0 Å². The zero-order valence-corrected chi connectivity index (χ0v) is 16.2. The molecule has 0 aliphatic carbocycles. The number of ether oxygens (including phenoxy) is 2. The van der Waals surface area contributed by atoms with Gasteiger partial charge in [0.05, 0.1) is 6.61 Å². The number of hydrogen-bond acceptors (Lipinski definition) is 6. The van der Waals surface area contributed by atoms with Gasteiger partial charge in [-0.05, 0) is 17.3 Å². The molecule has 0 saturated heterocycles. The minimum Gasteiger partial charge on any atom is -0.452 e. The summed E-state index contributed by atoms with van der Waals surface area (Å²) in [6.45, 7) is 13.1. The van der Waals surface area contributed by atoms with Gasteiger partial charge in [-0.2, -0.15) is 0 Å². The van der Waals surface area contributed by atoms with E-state index in [1.54, 1.807) is 0 Å². The molecule has 0 bridgehead atoms. The largest absolute Gasteiger partial charge is 0.452 e. The van der Waals surface area contributed by atoms with Crippen molar-refractivity contribution in [1.29, 1.82) is 0 Å². The number of aldehydes is 1. The second-order valence-corrected chi connectivity index (χ2v) is 8.82. The van der Waals surface area contributed by atoms with Crippen molar-refractivity contribution in [2.24, 2.45) is 10.8 Å². The van der Waals surface area contributed by atoms with Crippen LogP contribution in [0.2, 0.25) is 0 Å². The van der Waals surface area contributed by atoms with Gasteiger partial charge < -0.3 is 14.6 Å². The first-order valence-electron chi connectivity index (χ1n) is 8.08. The summed E-state index contributed by atoms with van der Waals surface area (Å²) in [6, 6.07) is 0. The van der Waals surface area contributed by atoms with Crippen LogP contribution in [0.25, 0.3) is 0 Å². The number of aliphatic hydroxyl groups excluding tert-OH is 1. The first-order chi connectivity index (χ1) is 10.6. The molecule has 2 unspecified atom stereocenters. The van der Waals surface area contributed by atoms with Crippen molar-refractivity contribution in [3.63, 3.8) is 0 Å². The summed E-state index contributed by atoms with van der Waals surface area (Å²) < 4.78 is 10.9. The predicted molar refractivity (Wildman–Crippen MR) is 90.3 cm³/mol. The van der Waals surface area contributed by atoms with E-state index in [1.807, 2.05) is 41.5 Å². The fourth-order valence-corrected chi connectivity index (χ4v) is 3.13. The third-order valence-corrected chi connectivity index (χ3v) is 3.49. The predicted octanol–water partition coefficient (Wildman–Crippen LogP) is 2.65. The molecular weight excluding hydrogens is 312 g/mol. The maximum absolute atomic E-state index is 12.1. The highest BCUT2D eigenvalue weighted by Gasteiger charge is 2.59. The molecule has 6 nitrogen and oxygen atoms in total. The summed E-state index contributed by atoms with van der Waals surface area (Å²) in [4.78, 5) is 35.6. The van der Waals surface area contributed by atoms with Gasteiger partial charge >= 0.3 is 11.9 Å². The minimum absolute atomic E-state index is 0.104. The van der Waals surface area contributed by atoms with Crippen molar-refractivity contribution < 1.29 is 29.0 Å². The molecule has 0 aromatic heterocycles. The molecule has 0 fully saturated rings. The van der Waals surface area contributed by atoms with E-state index >= 15 is 0 Å². The molecule has 0 aliphatic rings. The number of esters is 2. The van der Waals surface area contributed by atoms with Gasteiger partial charge in [0.2, 0.25) is 5.60 Å². The van der Waals surface area contributed by atoms with Gasteiger partial charge in [-0.25, -0.2) is 0 Å². The molecule has 6 heteroatoms. The smallest absolute Gasteiger partial charge is 0.303 e. The zero-order valence-electron chi connectivity index (χ0n) is 16.2. The Morgan fingerprint density at radius 3 is 1.54 bits per heavy atom. The molecule has 0 aromatic carbocycles. The Morgan fingerprint density at radius 2 is 1.29 bits per heavy atom. The van der Waals surface area contributed by atoms with Crippen LogP contribution in [0.1, 0.15) is 68.2 Å². The van der Waals surface area contributed by atoms with Gasteiger partial charge in [-0.3, -0.25) is 14.4 Å². The van der Waals surface area contributed by atoms with Crippen LogP contribution in [0.3, 0.4) is 0 Å². The third kappa shape index (κ3) is 6.23. The first-order valence-corrected chi connectivity index (χ1v) is 8.08. The summed E-state index contributed by atoms with van der Waals surface area (Å²) in [5.74, 6) is -1.33. The summed E-state index contributed by atoms with van der Waals surface area (Å²) in [7, 11) is 0. The third-order valence-electron chi connectivity index (χ3n) is 3.49. The second kappa shape index (κ2) is 7.64. The Hall–Kier alpha value is -1.43. The van der Waals surface area contributed by atoms with Gasteiger partial charge in [0, 0.05) is 20.3 Å². The van der Waals surface area contributed by atoms with Gasteiger partial charge in [-0.1, -0.05) is 41.5 Å². The van der Waals surface area contributed by atoms with Crippen LogP contribution < -0.4 is 0 Å². The fourth-order valence-electron chi connectivity index (χ4n) is 3.13. The lowest BCUT2D eigenvalue weighted by molar-refractivity contribution is -0.227. The Bertz CT molecular complexity index is 471. The van der Waals surface area contributed by atoms with Crippen LogP contribution in [0.4, 0.5) is 0 Å². The van der Waals surface area contributed by atoms with E-state index in [0.29, 0.717) is 6.29 Å². The van der Waals surface area contributed by atoms with Crippen molar-refractivity contribution in [3.8, 4) is 0 Å². The molecule has 0 rings (SSSR count).